The van der Waals surface area contributed by atoms with Gasteiger partial charge in [-0.05, 0) is 42.6 Å². The number of aryl methyl sites for hydroxylation is 1. The van der Waals surface area contributed by atoms with Crippen molar-refractivity contribution in [3.05, 3.63) is 58.4 Å². The van der Waals surface area contributed by atoms with Crippen LogP contribution in [0.25, 0.3) is 0 Å². The summed E-state index contributed by atoms with van der Waals surface area (Å²) in [4.78, 5) is 23.4. The standard InChI is InChI=1S/C20H21N5O2S/c1-14-12-18(25-7-9-27-10-8-25)24-20(21-14)23-17-4-2-16(3-5-17)22-19(26)15-6-11-28-13-15/h2-6,11-13H,7-10H2,1H3,(H,22,26)(H,21,23,24). The van der Waals surface area contributed by atoms with Crippen molar-refractivity contribution in [1.82, 2.24) is 9.97 Å². The van der Waals surface area contributed by atoms with Gasteiger partial charge in [-0.1, -0.05) is 0 Å². The summed E-state index contributed by atoms with van der Waals surface area (Å²) in [6.45, 7) is 5.04. The molecule has 0 aliphatic carbocycles. The number of anilines is 4. The number of aromatic nitrogens is 2. The number of rotatable bonds is 5. The fraction of sp³-hybridized carbons (Fsp3) is 0.250. The highest BCUT2D eigenvalue weighted by atomic mass is 32.1. The van der Waals surface area contributed by atoms with E-state index in [0.717, 1.165) is 36.0 Å². The lowest BCUT2D eigenvalue weighted by molar-refractivity contribution is 0.102. The number of thiophene rings is 1. The van der Waals surface area contributed by atoms with Crippen LogP contribution < -0.4 is 15.5 Å². The van der Waals surface area contributed by atoms with Crippen molar-refractivity contribution in [1.29, 1.82) is 0 Å². The van der Waals surface area contributed by atoms with Crippen molar-refractivity contribution in [3.63, 3.8) is 0 Å². The number of hydrogen-bond acceptors (Lipinski definition) is 7. The second-order valence-corrected chi connectivity index (χ2v) is 7.24. The number of hydrogen-bond donors (Lipinski definition) is 2. The van der Waals surface area contributed by atoms with Gasteiger partial charge in [0, 0.05) is 41.6 Å². The molecule has 7 nitrogen and oxygen atoms in total. The minimum atomic E-state index is -0.112. The molecule has 4 rings (SSSR count). The molecular weight excluding hydrogens is 374 g/mol. The molecule has 0 spiro atoms. The van der Waals surface area contributed by atoms with Gasteiger partial charge in [-0.2, -0.15) is 16.3 Å². The largest absolute Gasteiger partial charge is 0.378 e. The van der Waals surface area contributed by atoms with Crippen LogP contribution in [-0.2, 0) is 4.74 Å². The first-order valence-electron chi connectivity index (χ1n) is 9.06. The first kappa shape index (κ1) is 18.4. The van der Waals surface area contributed by atoms with Crippen LogP contribution in [0, 0.1) is 6.92 Å². The molecule has 1 fully saturated rings. The third-order valence-corrected chi connectivity index (χ3v) is 5.04. The number of carbonyl (C=O) groups is 1. The second kappa shape index (κ2) is 8.37. The molecule has 0 atom stereocenters. The normalized spacial score (nSPS) is 14.0. The van der Waals surface area contributed by atoms with Crippen molar-refractivity contribution in [2.24, 2.45) is 0 Å². The van der Waals surface area contributed by atoms with Crippen LogP contribution >= 0.6 is 11.3 Å². The predicted octanol–water partition coefficient (Wildman–Crippen LogP) is 3.68. The lowest BCUT2D eigenvalue weighted by atomic mass is 10.2. The topological polar surface area (TPSA) is 79.4 Å². The number of ether oxygens (including phenoxy) is 1. The Morgan fingerprint density at radius 2 is 1.86 bits per heavy atom. The average Bonchev–Trinajstić information content (AvgIpc) is 3.25. The summed E-state index contributed by atoms with van der Waals surface area (Å²) in [6.07, 6.45) is 0. The Bertz CT molecular complexity index is 938. The van der Waals surface area contributed by atoms with Crippen LogP contribution in [0.2, 0.25) is 0 Å². The van der Waals surface area contributed by atoms with Crippen LogP contribution in [0.15, 0.2) is 47.2 Å². The van der Waals surface area contributed by atoms with Gasteiger partial charge in [0.15, 0.2) is 0 Å². The molecular formula is C20H21N5O2S. The molecule has 1 saturated heterocycles. The van der Waals surface area contributed by atoms with E-state index < -0.39 is 0 Å². The molecule has 1 aliphatic rings. The van der Waals surface area contributed by atoms with Gasteiger partial charge in [0.2, 0.25) is 5.95 Å². The molecule has 1 amide bonds. The summed E-state index contributed by atoms with van der Waals surface area (Å²) >= 11 is 1.50. The Morgan fingerprint density at radius 1 is 1.11 bits per heavy atom. The van der Waals surface area contributed by atoms with Crippen molar-refractivity contribution >= 4 is 40.4 Å². The lowest BCUT2D eigenvalue weighted by Crippen LogP contribution is -2.36. The molecule has 8 heteroatoms. The van der Waals surface area contributed by atoms with Gasteiger partial charge in [0.05, 0.1) is 18.8 Å². The highest BCUT2D eigenvalue weighted by Crippen LogP contribution is 2.21. The molecule has 2 aromatic heterocycles. The quantitative estimate of drug-likeness (QED) is 0.686. The molecule has 0 radical (unpaired) electrons. The van der Waals surface area contributed by atoms with Gasteiger partial charge in [0.25, 0.3) is 5.91 Å². The van der Waals surface area contributed by atoms with Crippen molar-refractivity contribution in [2.45, 2.75) is 6.92 Å². The zero-order chi connectivity index (χ0) is 19.3. The van der Waals surface area contributed by atoms with Gasteiger partial charge in [-0.15, -0.1) is 0 Å². The maximum Gasteiger partial charge on any atom is 0.256 e. The Labute approximate surface area is 167 Å². The fourth-order valence-corrected chi connectivity index (χ4v) is 3.56. The van der Waals surface area contributed by atoms with Crippen LogP contribution in [0.1, 0.15) is 16.1 Å². The van der Waals surface area contributed by atoms with Crippen LogP contribution in [0.3, 0.4) is 0 Å². The zero-order valence-electron chi connectivity index (χ0n) is 15.5. The van der Waals surface area contributed by atoms with Crippen LogP contribution in [-0.4, -0.2) is 42.2 Å². The number of nitrogens with zero attached hydrogens (tertiary/aromatic N) is 3. The van der Waals surface area contributed by atoms with Gasteiger partial charge >= 0.3 is 0 Å². The smallest absolute Gasteiger partial charge is 0.256 e. The second-order valence-electron chi connectivity index (χ2n) is 6.46. The summed E-state index contributed by atoms with van der Waals surface area (Å²) in [5, 5.41) is 9.84. The summed E-state index contributed by atoms with van der Waals surface area (Å²) in [6, 6.07) is 11.3. The first-order valence-corrected chi connectivity index (χ1v) is 10.0. The van der Waals surface area contributed by atoms with Crippen molar-refractivity contribution in [2.75, 3.05) is 41.8 Å². The summed E-state index contributed by atoms with van der Waals surface area (Å²) in [7, 11) is 0. The molecule has 2 N–H and O–H groups in total. The molecule has 3 heterocycles. The maximum atomic E-state index is 12.1. The van der Waals surface area contributed by atoms with Gasteiger partial charge in [-0.3, -0.25) is 4.79 Å². The van der Waals surface area contributed by atoms with E-state index in [1.54, 1.807) is 6.07 Å². The minimum absolute atomic E-state index is 0.112. The number of nitrogens with one attached hydrogen (secondary N) is 2. The Hall–Kier alpha value is -2.97. The van der Waals surface area contributed by atoms with E-state index in [1.807, 2.05) is 48.0 Å². The monoisotopic (exact) mass is 395 g/mol. The molecule has 0 saturated carbocycles. The van der Waals surface area contributed by atoms with Gasteiger partial charge in [-0.25, -0.2) is 4.98 Å². The number of amides is 1. The maximum absolute atomic E-state index is 12.1. The lowest BCUT2D eigenvalue weighted by Gasteiger charge is -2.28. The highest BCUT2D eigenvalue weighted by molar-refractivity contribution is 7.08. The molecule has 1 aromatic carbocycles. The van der Waals surface area contributed by atoms with E-state index in [1.165, 1.54) is 11.3 Å². The molecule has 144 valence electrons. The highest BCUT2D eigenvalue weighted by Gasteiger charge is 2.14. The number of benzene rings is 1. The first-order chi connectivity index (χ1) is 13.7. The third-order valence-electron chi connectivity index (χ3n) is 4.36. The van der Waals surface area contributed by atoms with Crippen molar-refractivity contribution in [3.8, 4) is 0 Å². The zero-order valence-corrected chi connectivity index (χ0v) is 16.3. The summed E-state index contributed by atoms with van der Waals surface area (Å²) in [5.41, 5.74) is 3.16. The van der Waals surface area contributed by atoms with Crippen molar-refractivity contribution < 1.29 is 9.53 Å². The molecule has 0 unspecified atom stereocenters. The van der Waals surface area contributed by atoms with Gasteiger partial charge < -0.3 is 20.3 Å². The minimum Gasteiger partial charge on any atom is -0.378 e. The average molecular weight is 395 g/mol. The van der Waals surface area contributed by atoms with E-state index >= 15 is 0 Å². The van der Waals surface area contributed by atoms with E-state index in [2.05, 4.69) is 25.5 Å². The van der Waals surface area contributed by atoms with E-state index in [4.69, 9.17) is 4.74 Å². The summed E-state index contributed by atoms with van der Waals surface area (Å²) in [5.74, 6) is 1.34. The molecule has 0 bridgehead atoms. The van der Waals surface area contributed by atoms with Crippen LogP contribution in [0.5, 0.6) is 0 Å². The summed E-state index contributed by atoms with van der Waals surface area (Å²) < 4.78 is 5.41. The van der Waals surface area contributed by atoms with E-state index in [0.29, 0.717) is 24.7 Å². The Balaban J connectivity index is 1.44. The SMILES string of the molecule is Cc1cc(N2CCOCC2)nc(Nc2ccc(NC(=O)c3ccsc3)cc2)n1. The molecule has 1 aliphatic heterocycles. The Kier molecular flexibility index (Phi) is 5.50. The van der Waals surface area contributed by atoms with E-state index in [9.17, 15) is 4.79 Å². The van der Waals surface area contributed by atoms with Gasteiger partial charge in [0.1, 0.15) is 5.82 Å². The van der Waals surface area contributed by atoms with E-state index in [-0.39, 0.29) is 5.91 Å². The molecule has 3 aromatic rings. The fourth-order valence-electron chi connectivity index (χ4n) is 2.93. The Morgan fingerprint density at radius 3 is 2.57 bits per heavy atom. The number of carbonyl (C=O) groups excluding carboxylic acids is 1. The third kappa shape index (κ3) is 4.47. The predicted molar refractivity (Wildman–Crippen MR) is 112 cm³/mol. The number of morpholine rings is 1. The molecule has 28 heavy (non-hydrogen) atoms. The van der Waals surface area contributed by atoms with Crippen LogP contribution in [0.4, 0.5) is 23.1 Å².